The van der Waals surface area contributed by atoms with Gasteiger partial charge in [0, 0.05) is 19.2 Å². The normalized spacial score (nSPS) is 12.4. The summed E-state index contributed by atoms with van der Waals surface area (Å²) in [5, 5.41) is 22.3. The van der Waals surface area contributed by atoms with Gasteiger partial charge in [0.15, 0.2) is 0 Å². The zero-order chi connectivity index (χ0) is 15.5. The Labute approximate surface area is 120 Å². The second-order valence-corrected chi connectivity index (χ2v) is 4.37. The summed E-state index contributed by atoms with van der Waals surface area (Å²) >= 11 is 0.995. The summed E-state index contributed by atoms with van der Waals surface area (Å²) in [6, 6.07) is -1.03. The number of nitrogens with one attached hydrogen (secondary N) is 3. The quantitative estimate of drug-likeness (QED) is 0.215. The molecular formula is C10H18N4O5S. The molecule has 0 aromatic heterocycles. The Balaban J connectivity index is 4.18. The molecule has 0 saturated heterocycles. The van der Waals surface area contributed by atoms with Crippen LogP contribution in [0.2, 0.25) is 0 Å². The number of aliphatic carboxylic acids is 2. The van der Waals surface area contributed by atoms with Crippen molar-refractivity contribution in [2.75, 3.05) is 19.3 Å². The average Bonchev–Trinajstić information content (AvgIpc) is 2.40. The fourth-order valence-electron chi connectivity index (χ4n) is 0.985. The van der Waals surface area contributed by atoms with Crippen molar-refractivity contribution >= 4 is 35.8 Å². The number of carbonyl (C=O) groups excluding carboxylic acids is 1. The van der Waals surface area contributed by atoms with Gasteiger partial charge in [0.05, 0.1) is 0 Å². The molecule has 0 aromatic carbocycles. The van der Waals surface area contributed by atoms with Gasteiger partial charge in [-0.3, -0.25) is 14.6 Å². The zero-order valence-corrected chi connectivity index (χ0v) is 12.0. The fourth-order valence-corrected chi connectivity index (χ4v) is 1.76. The number of aliphatic imine (C=N–C) groups is 1. The van der Waals surface area contributed by atoms with Gasteiger partial charge in [-0.05, 0) is 11.9 Å². The minimum atomic E-state index is -1.14. The molecule has 0 saturated carbocycles. The highest BCUT2D eigenvalue weighted by Gasteiger charge is 2.19. The van der Waals surface area contributed by atoms with E-state index in [4.69, 9.17) is 10.2 Å². The molecule has 9 nitrogen and oxygen atoms in total. The molecule has 0 aliphatic heterocycles. The van der Waals surface area contributed by atoms with Gasteiger partial charge in [-0.1, -0.05) is 6.92 Å². The molecule has 0 bridgehead atoms. The molecule has 0 radical (unpaired) electrons. The molecule has 0 unspecified atom stereocenters. The lowest BCUT2D eigenvalue weighted by Crippen LogP contribution is -2.44. The van der Waals surface area contributed by atoms with Crippen molar-refractivity contribution in [2.45, 2.75) is 19.4 Å². The summed E-state index contributed by atoms with van der Waals surface area (Å²) < 4.78 is 2.68. The van der Waals surface area contributed by atoms with E-state index in [0.29, 0.717) is 0 Å². The van der Waals surface area contributed by atoms with E-state index >= 15 is 0 Å². The number of hydrogen-bond donors (Lipinski definition) is 5. The van der Waals surface area contributed by atoms with Gasteiger partial charge < -0.3 is 25.6 Å². The molecule has 0 aromatic rings. The number of rotatable bonds is 8. The largest absolute Gasteiger partial charge is 0.480 e. The van der Waals surface area contributed by atoms with Crippen LogP contribution in [0.25, 0.3) is 0 Å². The highest BCUT2D eigenvalue weighted by atomic mass is 32.2. The van der Waals surface area contributed by atoms with Crippen LogP contribution in [-0.2, 0) is 14.4 Å². The Morgan fingerprint density at radius 2 is 1.95 bits per heavy atom. The van der Waals surface area contributed by atoms with E-state index in [1.165, 1.54) is 7.05 Å². The molecule has 0 heterocycles. The molecule has 20 heavy (non-hydrogen) atoms. The van der Waals surface area contributed by atoms with E-state index in [0.717, 1.165) is 11.9 Å². The molecular weight excluding hydrogens is 288 g/mol. The Hall–Kier alpha value is -1.97. The van der Waals surface area contributed by atoms with Gasteiger partial charge in [-0.25, -0.2) is 4.79 Å². The molecule has 5 N–H and O–H groups in total. The van der Waals surface area contributed by atoms with Crippen LogP contribution in [0.5, 0.6) is 0 Å². The van der Waals surface area contributed by atoms with Crippen molar-refractivity contribution in [3.63, 3.8) is 0 Å². The van der Waals surface area contributed by atoms with Crippen LogP contribution in [0.15, 0.2) is 4.99 Å². The van der Waals surface area contributed by atoms with Crippen LogP contribution in [0.4, 0.5) is 0 Å². The molecule has 1 amide bonds. The van der Waals surface area contributed by atoms with E-state index in [1.54, 1.807) is 6.92 Å². The highest BCUT2D eigenvalue weighted by Crippen LogP contribution is 1.99. The standard InChI is InChI=1S/C10H18N4O5S/c1-3-7(15)13-6(9(18)19)5-20-14-10(11-2)12-4-8(16)17/h6H,3-5H2,1-2H3,(H,13,15)(H,16,17)(H,18,19)(H2,11,12,14)/t6-/m1/s1. The average molecular weight is 306 g/mol. The zero-order valence-electron chi connectivity index (χ0n) is 11.2. The molecule has 0 aliphatic carbocycles. The summed E-state index contributed by atoms with van der Waals surface area (Å²) in [7, 11) is 1.45. The number of carboxylic acids is 2. The van der Waals surface area contributed by atoms with Crippen molar-refractivity contribution in [3.8, 4) is 0 Å². The third kappa shape index (κ3) is 8.19. The molecule has 0 fully saturated rings. The predicted molar refractivity (Wildman–Crippen MR) is 74.4 cm³/mol. The van der Waals surface area contributed by atoms with E-state index < -0.39 is 18.0 Å². The van der Waals surface area contributed by atoms with Gasteiger partial charge >= 0.3 is 11.9 Å². The molecule has 0 rings (SSSR count). The maximum atomic E-state index is 11.2. The number of nitrogens with zero attached hydrogens (tertiary/aromatic N) is 1. The minimum Gasteiger partial charge on any atom is -0.480 e. The number of amides is 1. The van der Waals surface area contributed by atoms with Crippen LogP contribution in [0.3, 0.4) is 0 Å². The van der Waals surface area contributed by atoms with E-state index in [9.17, 15) is 14.4 Å². The van der Waals surface area contributed by atoms with Gasteiger partial charge in [0.2, 0.25) is 11.9 Å². The number of guanidine groups is 1. The summed E-state index contributed by atoms with van der Waals surface area (Å²) in [6.07, 6.45) is 0.198. The first kappa shape index (κ1) is 18.0. The molecule has 10 heteroatoms. The number of hydrogen-bond acceptors (Lipinski definition) is 5. The van der Waals surface area contributed by atoms with Crippen molar-refractivity contribution < 1.29 is 24.6 Å². The maximum Gasteiger partial charge on any atom is 0.327 e. The van der Waals surface area contributed by atoms with Crippen molar-refractivity contribution in [1.82, 2.24) is 15.4 Å². The topological polar surface area (TPSA) is 140 Å². The second-order valence-electron chi connectivity index (χ2n) is 3.54. The number of carbonyl (C=O) groups is 3. The lowest BCUT2D eigenvalue weighted by atomic mass is 10.3. The first-order valence-electron chi connectivity index (χ1n) is 5.73. The van der Waals surface area contributed by atoms with Gasteiger partial charge in [0.1, 0.15) is 12.6 Å². The van der Waals surface area contributed by atoms with Crippen molar-refractivity contribution in [2.24, 2.45) is 4.99 Å². The van der Waals surface area contributed by atoms with Crippen LogP contribution in [-0.4, -0.2) is 59.4 Å². The lowest BCUT2D eigenvalue weighted by molar-refractivity contribution is -0.141. The molecule has 0 aliphatic rings. The predicted octanol–water partition coefficient (Wildman–Crippen LogP) is -1.14. The van der Waals surface area contributed by atoms with Crippen LogP contribution in [0.1, 0.15) is 13.3 Å². The Morgan fingerprint density at radius 3 is 2.40 bits per heavy atom. The Morgan fingerprint density at radius 1 is 1.30 bits per heavy atom. The fraction of sp³-hybridized carbons (Fsp3) is 0.600. The van der Waals surface area contributed by atoms with Crippen molar-refractivity contribution in [3.05, 3.63) is 0 Å². The third-order valence-electron chi connectivity index (χ3n) is 2.00. The van der Waals surface area contributed by atoms with Gasteiger partial charge in [-0.2, -0.15) is 0 Å². The van der Waals surface area contributed by atoms with E-state index in [2.05, 4.69) is 20.3 Å². The minimum absolute atomic E-state index is 0.0643. The third-order valence-corrected chi connectivity index (χ3v) is 2.84. The van der Waals surface area contributed by atoms with Crippen LogP contribution >= 0.6 is 11.9 Å². The second kappa shape index (κ2) is 9.89. The molecule has 0 spiro atoms. The summed E-state index contributed by atoms with van der Waals surface area (Å²) in [6.45, 7) is 1.31. The summed E-state index contributed by atoms with van der Waals surface area (Å²) in [5.41, 5.74) is 0. The molecule has 1 atom stereocenters. The van der Waals surface area contributed by atoms with Crippen molar-refractivity contribution in [1.29, 1.82) is 0 Å². The SMILES string of the molecule is CCC(=O)N[C@H](CSNC(=NC)NCC(=O)O)C(=O)O. The van der Waals surface area contributed by atoms with Gasteiger partial charge in [-0.15, -0.1) is 0 Å². The first-order valence-corrected chi connectivity index (χ1v) is 6.71. The van der Waals surface area contributed by atoms with Gasteiger partial charge in [0.25, 0.3) is 0 Å². The Bertz CT molecular complexity index is 388. The van der Waals surface area contributed by atoms with E-state index in [1.807, 2.05) is 0 Å². The Kier molecular flexibility index (Phi) is 8.92. The lowest BCUT2D eigenvalue weighted by Gasteiger charge is -2.15. The highest BCUT2D eigenvalue weighted by molar-refractivity contribution is 7.98. The van der Waals surface area contributed by atoms with Crippen LogP contribution < -0.4 is 15.4 Å². The number of carboxylic acid groups (broad SMARTS) is 2. The van der Waals surface area contributed by atoms with E-state index in [-0.39, 0.29) is 30.6 Å². The van der Waals surface area contributed by atoms with Crippen LogP contribution in [0, 0.1) is 0 Å². The molecule has 114 valence electrons. The monoisotopic (exact) mass is 306 g/mol. The maximum absolute atomic E-state index is 11.2. The summed E-state index contributed by atoms with van der Waals surface area (Å²) in [4.78, 5) is 36.2. The smallest absolute Gasteiger partial charge is 0.327 e. The first-order chi connectivity index (χ1) is 9.40. The summed E-state index contributed by atoms with van der Waals surface area (Å²) in [5.74, 6) is -2.27.